The molecule has 2 amide bonds. The van der Waals surface area contributed by atoms with E-state index >= 15 is 0 Å². The van der Waals surface area contributed by atoms with Crippen LogP contribution in [0.2, 0.25) is 5.02 Å². The maximum atomic E-state index is 12.6. The molecule has 0 bridgehead atoms. The van der Waals surface area contributed by atoms with E-state index in [0.29, 0.717) is 36.5 Å². The van der Waals surface area contributed by atoms with Crippen molar-refractivity contribution in [1.29, 1.82) is 0 Å². The van der Waals surface area contributed by atoms with E-state index in [-0.39, 0.29) is 47.7 Å². The number of likely N-dealkylation sites (tertiary alicyclic amines) is 1. The van der Waals surface area contributed by atoms with E-state index in [0.717, 1.165) is 32.8 Å². The molecule has 0 aliphatic carbocycles. The molecule has 1 aromatic carbocycles. The summed E-state index contributed by atoms with van der Waals surface area (Å²) in [6, 6.07) is 2.76. The minimum Gasteiger partial charge on any atom is -0.496 e. The third-order valence-corrected chi connectivity index (χ3v) is 5.23. The van der Waals surface area contributed by atoms with E-state index in [1.165, 1.54) is 19.2 Å². The van der Waals surface area contributed by atoms with Crippen LogP contribution in [0.1, 0.15) is 16.8 Å². The van der Waals surface area contributed by atoms with Gasteiger partial charge in [0.15, 0.2) is 0 Å². The van der Waals surface area contributed by atoms with Gasteiger partial charge in [0.05, 0.1) is 42.6 Å². The van der Waals surface area contributed by atoms with E-state index in [4.69, 9.17) is 26.8 Å². The highest BCUT2D eigenvalue weighted by Gasteiger charge is 2.31. The maximum Gasteiger partial charge on any atom is 0.255 e. The Bertz CT molecular complexity index is 717. The molecular formula is C18H27Cl3N4O4. The van der Waals surface area contributed by atoms with Gasteiger partial charge in [-0.05, 0) is 6.07 Å². The van der Waals surface area contributed by atoms with E-state index in [1.54, 1.807) is 4.90 Å². The number of nitrogens with zero attached hydrogens (tertiary/aromatic N) is 2. The molecule has 2 saturated heterocycles. The summed E-state index contributed by atoms with van der Waals surface area (Å²) < 4.78 is 10.6. The van der Waals surface area contributed by atoms with Crippen LogP contribution in [0.5, 0.6) is 5.75 Å². The number of hydrogen-bond donors (Lipinski definition) is 2. The summed E-state index contributed by atoms with van der Waals surface area (Å²) in [6.07, 6.45) is 0.292. The molecule has 1 atom stereocenters. The molecule has 2 fully saturated rings. The molecule has 0 aromatic heterocycles. The number of morpholine rings is 1. The van der Waals surface area contributed by atoms with Gasteiger partial charge in [-0.2, -0.15) is 0 Å². The summed E-state index contributed by atoms with van der Waals surface area (Å²) in [5.41, 5.74) is 6.40. The fourth-order valence-electron chi connectivity index (χ4n) is 3.35. The number of methoxy groups -OCH3 is 1. The molecule has 164 valence electrons. The van der Waals surface area contributed by atoms with Gasteiger partial charge in [-0.3, -0.25) is 14.5 Å². The van der Waals surface area contributed by atoms with Crippen molar-refractivity contribution in [2.75, 3.05) is 58.8 Å². The zero-order valence-corrected chi connectivity index (χ0v) is 18.6. The first kappa shape index (κ1) is 25.6. The van der Waals surface area contributed by atoms with Crippen LogP contribution < -0.4 is 15.8 Å². The molecule has 0 spiro atoms. The topological polar surface area (TPSA) is 97.1 Å². The third-order valence-electron chi connectivity index (χ3n) is 4.90. The van der Waals surface area contributed by atoms with Crippen LogP contribution in [0, 0.1) is 0 Å². The van der Waals surface area contributed by atoms with Crippen LogP contribution in [0.15, 0.2) is 12.1 Å². The molecule has 3 N–H and O–H groups in total. The molecule has 1 unspecified atom stereocenters. The highest BCUT2D eigenvalue weighted by Crippen LogP contribution is 2.29. The third kappa shape index (κ3) is 6.52. The summed E-state index contributed by atoms with van der Waals surface area (Å²) in [7, 11) is 1.46. The Hall–Kier alpha value is -1.45. The van der Waals surface area contributed by atoms with Crippen molar-refractivity contribution in [3.8, 4) is 5.75 Å². The fraction of sp³-hybridized carbons (Fsp3) is 0.556. The zero-order valence-electron chi connectivity index (χ0n) is 16.2. The summed E-state index contributed by atoms with van der Waals surface area (Å²) in [6.45, 7) is 5.22. The number of carbonyl (C=O) groups is 2. The summed E-state index contributed by atoms with van der Waals surface area (Å²) in [5.74, 6) is 0.0698. The van der Waals surface area contributed by atoms with Gasteiger partial charge in [-0.1, -0.05) is 11.6 Å². The molecule has 3 rings (SSSR count). The lowest BCUT2D eigenvalue weighted by atomic mass is 10.1. The van der Waals surface area contributed by atoms with Crippen molar-refractivity contribution in [1.82, 2.24) is 15.1 Å². The van der Waals surface area contributed by atoms with Crippen LogP contribution in [0.25, 0.3) is 0 Å². The summed E-state index contributed by atoms with van der Waals surface area (Å²) in [5, 5.41) is 3.19. The molecule has 2 heterocycles. The maximum absolute atomic E-state index is 12.6. The summed E-state index contributed by atoms with van der Waals surface area (Å²) >= 11 is 6.03. The lowest BCUT2D eigenvalue weighted by Crippen LogP contribution is -2.42. The lowest BCUT2D eigenvalue weighted by molar-refractivity contribution is -0.128. The molecule has 8 nitrogen and oxygen atoms in total. The Kier molecular flexibility index (Phi) is 10.3. The van der Waals surface area contributed by atoms with Gasteiger partial charge >= 0.3 is 0 Å². The normalized spacial score (nSPS) is 19.3. The van der Waals surface area contributed by atoms with Crippen LogP contribution in [0.3, 0.4) is 0 Å². The number of anilines is 1. The second-order valence-electron chi connectivity index (χ2n) is 6.74. The molecule has 0 radical (unpaired) electrons. The number of ether oxygens (including phenoxy) is 2. The predicted molar refractivity (Wildman–Crippen MR) is 117 cm³/mol. The van der Waals surface area contributed by atoms with Crippen molar-refractivity contribution >= 4 is 53.9 Å². The van der Waals surface area contributed by atoms with E-state index in [9.17, 15) is 9.59 Å². The molecule has 0 saturated carbocycles. The van der Waals surface area contributed by atoms with Gasteiger partial charge in [0.1, 0.15) is 5.75 Å². The molecule has 1 aromatic rings. The minimum absolute atomic E-state index is 0. The van der Waals surface area contributed by atoms with E-state index < -0.39 is 0 Å². The van der Waals surface area contributed by atoms with Crippen LogP contribution in [-0.4, -0.2) is 80.7 Å². The Morgan fingerprint density at radius 3 is 2.66 bits per heavy atom. The Labute approximate surface area is 187 Å². The number of nitrogens with one attached hydrogen (secondary N) is 1. The number of rotatable bonds is 6. The largest absolute Gasteiger partial charge is 0.496 e. The lowest BCUT2D eigenvalue weighted by Gasteiger charge is -2.28. The van der Waals surface area contributed by atoms with Crippen LogP contribution >= 0.6 is 36.4 Å². The van der Waals surface area contributed by atoms with Crippen LogP contribution in [0.4, 0.5) is 5.69 Å². The smallest absolute Gasteiger partial charge is 0.255 e. The summed E-state index contributed by atoms with van der Waals surface area (Å²) in [4.78, 5) is 29.0. The number of nitrogen functional groups attached to an aromatic ring is 1. The number of hydrogen-bond acceptors (Lipinski definition) is 6. The van der Waals surface area contributed by atoms with Crippen molar-refractivity contribution in [2.24, 2.45) is 0 Å². The highest BCUT2D eigenvalue weighted by atomic mass is 35.5. The minimum atomic E-state index is -0.332. The number of halogens is 3. The zero-order chi connectivity index (χ0) is 19.4. The van der Waals surface area contributed by atoms with Gasteiger partial charge in [0.25, 0.3) is 5.91 Å². The van der Waals surface area contributed by atoms with Crippen molar-refractivity contribution in [3.63, 3.8) is 0 Å². The average molecular weight is 470 g/mol. The van der Waals surface area contributed by atoms with E-state index in [2.05, 4.69) is 10.2 Å². The SMILES string of the molecule is COc1cc(N)c(Cl)cc1C(=O)NC1CC(=O)N(CCN2CCOCC2)C1.Cl.Cl. The highest BCUT2D eigenvalue weighted by molar-refractivity contribution is 6.33. The van der Waals surface area contributed by atoms with Gasteiger partial charge < -0.3 is 25.4 Å². The Balaban J connectivity index is 0.00000210. The van der Waals surface area contributed by atoms with Gasteiger partial charge in [-0.25, -0.2) is 0 Å². The van der Waals surface area contributed by atoms with Crippen molar-refractivity contribution in [3.05, 3.63) is 22.7 Å². The molecule has 29 heavy (non-hydrogen) atoms. The first-order chi connectivity index (χ1) is 13.0. The van der Waals surface area contributed by atoms with E-state index in [1.807, 2.05) is 0 Å². The number of carbonyl (C=O) groups excluding carboxylic acids is 2. The van der Waals surface area contributed by atoms with Crippen molar-refractivity contribution < 1.29 is 19.1 Å². The van der Waals surface area contributed by atoms with Gasteiger partial charge in [-0.15, -0.1) is 24.8 Å². The Morgan fingerprint density at radius 1 is 1.31 bits per heavy atom. The molecule has 2 aliphatic heterocycles. The number of amides is 2. The van der Waals surface area contributed by atoms with Crippen molar-refractivity contribution in [2.45, 2.75) is 12.5 Å². The standard InChI is InChI=1S/C18H25ClN4O4.2ClH/c1-26-16-10-15(20)14(19)9-13(16)18(25)21-12-8-17(24)23(11-12)3-2-22-4-6-27-7-5-22;;/h9-10,12H,2-8,11,20H2,1H3,(H,21,25);2*1H. The molecule has 11 heteroatoms. The first-order valence-corrected chi connectivity index (χ1v) is 9.37. The first-order valence-electron chi connectivity index (χ1n) is 8.99. The molecule has 2 aliphatic rings. The predicted octanol–water partition coefficient (Wildman–Crippen LogP) is 1.44. The monoisotopic (exact) mass is 468 g/mol. The van der Waals surface area contributed by atoms with Gasteiger partial charge in [0.2, 0.25) is 5.91 Å². The fourth-order valence-corrected chi connectivity index (χ4v) is 3.51. The number of benzene rings is 1. The Morgan fingerprint density at radius 2 is 2.00 bits per heavy atom. The van der Waals surface area contributed by atoms with Gasteiger partial charge in [0, 0.05) is 45.2 Å². The van der Waals surface area contributed by atoms with Crippen LogP contribution in [-0.2, 0) is 9.53 Å². The quantitative estimate of drug-likeness (QED) is 0.612. The second-order valence-corrected chi connectivity index (χ2v) is 7.15. The number of nitrogens with two attached hydrogens (primary N) is 1. The second kappa shape index (κ2) is 11.7. The average Bonchev–Trinajstić information content (AvgIpc) is 3.01. The molecular weight excluding hydrogens is 443 g/mol.